The van der Waals surface area contributed by atoms with Gasteiger partial charge in [0, 0.05) is 17.1 Å². The molecule has 1 aliphatic rings. The molecule has 0 unspecified atom stereocenters. The molecule has 19 heavy (non-hydrogen) atoms. The van der Waals surface area contributed by atoms with E-state index in [-0.39, 0.29) is 12.5 Å². The first-order chi connectivity index (χ1) is 9.03. The van der Waals surface area contributed by atoms with Crippen molar-refractivity contribution in [3.8, 4) is 0 Å². The number of nitrogens with one attached hydrogen (secondary N) is 1. The van der Waals surface area contributed by atoms with Gasteiger partial charge in [0.05, 0.1) is 5.41 Å². The van der Waals surface area contributed by atoms with Gasteiger partial charge in [-0.15, -0.1) is 0 Å². The Morgan fingerprint density at radius 3 is 2.32 bits per heavy atom. The van der Waals surface area contributed by atoms with Crippen molar-refractivity contribution in [3.05, 3.63) is 34.9 Å². The minimum Gasteiger partial charge on any atom is -0.481 e. The highest BCUT2D eigenvalue weighted by Crippen LogP contribution is 2.37. The predicted octanol–water partition coefficient (Wildman–Crippen LogP) is 2.71. The topological polar surface area (TPSA) is 66.4 Å². The van der Waals surface area contributed by atoms with Crippen LogP contribution in [0.15, 0.2) is 24.3 Å². The van der Waals surface area contributed by atoms with Crippen LogP contribution in [-0.4, -0.2) is 23.5 Å². The van der Waals surface area contributed by atoms with Crippen LogP contribution >= 0.6 is 11.6 Å². The van der Waals surface area contributed by atoms with Crippen molar-refractivity contribution in [2.75, 3.05) is 6.54 Å². The molecule has 1 fully saturated rings. The van der Waals surface area contributed by atoms with E-state index in [0.29, 0.717) is 23.4 Å². The molecule has 0 saturated heterocycles. The average Bonchev–Trinajstić information content (AvgIpc) is 2.87. The summed E-state index contributed by atoms with van der Waals surface area (Å²) in [6.07, 6.45) is 3.07. The third-order valence-corrected chi connectivity index (χ3v) is 3.96. The van der Waals surface area contributed by atoms with E-state index >= 15 is 0 Å². The van der Waals surface area contributed by atoms with Crippen LogP contribution in [0, 0.1) is 5.41 Å². The Morgan fingerprint density at radius 1 is 1.21 bits per heavy atom. The monoisotopic (exact) mass is 281 g/mol. The molecule has 0 aromatic heterocycles. The molecule has 4 nitrogen and oxygen atoms in total. The van der Waals surface area contributed by atoms with Gasteiger partial charge in [-0.2, -0.15) is 0 Å². The fourth-order valence-corrected chi connectivity index (χ4v) is 2.60. The van der Waals surface area contributed by atoms with Crippen LogP contribution in [-0.2, 0) is 4.79 Å². The molecule has 2 N–H and O–H groups in total. The van der Waals surface area contributed by atoms with Crippen LogP contribution in [0.2, 0.25) is 5.02 Å². The maximum absolute atomic E-state index is 11.9. The molecule has 1 aliphatic carbocycles. The average molecular weight is 282 g/mol. The number of rotatable bonds is 4. The summed E-state index contributed by atoms with van der Waals surface area (Å²) >= 11 is 5.75. The zero-order valence-electron chi connectivity index (χ0n) is 10.5. The summed E-state index contributed by atoms with van der Waals surface area (Å²) in [6.45, 7) is 0.184. The Morgan fingerprint density at radius 2 is 1.79 bits per heavy atom. The standard InChI is InChI=1S/C14H16ClNO3/c15-11-5-3-10(4-6-11)12(17)16-9-14(13(18)19)7-1-2-8-14/h3-6H,1-2,7-9H2,(H,16,17)(H,18,19). The summed E-state index contributed by atoms with van der Waals surface area (Å²) in [4.78, 5) is 23.3. The van der Waals surface area contributed by atoms with Crippen LogP contribution in [0.5, 0.6) is 0 Å². The lowest BCUT2D eigenvalue weighted by molar-refractivity contribution is -0.148. The van der Waals surface area contributed by atoms with Crippen LogP contribution in [0.4, 0.5) is 0 Å². The normalized spacial score (nSPS) is 17.1. The highest BCUT2D eigenvalue weighted by Gasteiger charge is 2.41. The predicted molar refractivity (Wildman–Crippen MR) is 72.3 cm³/mol. The number of halogens is 1. The van der Waals surface area contributed by atoms with Gasteiger partial charge in [0.15, 0.2) is 0 Å². The van der Waals surface area contributed by atoms with Crippen molar-refractivity contribution in [1.82, 2.24) is 5.32 Å². The second kappa shape index (κ2) is 5.61. The maximum Gasteiger partial charge on any atom is 0.311 e. The quantitative estimate of drug-likeness (QED) is 0.892. The van der Waals surface area contributed by atoms with Gasteiger partial charge in [-0.05, 0) is 37.1 Å². The van der Waals surface area contributed by atoms with Crippen molar-refractivity contribution < 1.29 is 14.7 Å². The first-order valence-corrected chi connectivity index (χ1v) is 6.68. The molecule has 0 spiro atoms. The molecular weight excluding hydrogens is 266 g/mol. The minimum atomic E-state index is -0.818. The SMILES string of the molecule is O=C(NCC1(C(=O)O)CCCC1)c1ccc(Cl)cc1. The molecule has 1 aromatic rings. The van der Waals surface area contributed by atoms with Crippen LogP contribution in [0.1, 0.15) is 36.0 Å². The van der Waals surface area contributed by atoms with E-state index < -0.39 is 11.4 Å². The number of hydrogen-bond donors (Lipinski definition) is 2. The van der Waals surface area contributed by atoms with Gasteiger partial charge < -0.3 is 10.4 Å². The van der Waals surface area contributed by atoms with Gasteiger partial charge in [0.25, 0.3) is 5.91 Å². The van der Waals surface area contributed by atoms with Crippen molar-refractivity contribution in [2.45, 2.75) is 25.7 Å². The molecule has 1 amide bonds. The second-order valence-electron chi connectivity index (χ2n) is 4.98. The summed E-state index contributed by atoms with van der Waals surface area (Å²) in [5, 5.41) is 12.6. The summed E-state index contributed by atoms with van der Waals surface area (Å²) in [6, 6.07) is 6.53. The third kappa shape index (κ3) is 3.07. The Labute approximate surface area is 116 Å². The zero-order valence-corrected chi connectivity index (χ0v) is 11.2. The molecular formula is C14H16ClNO3. The summed E-state index contributed by atoms with van der Waals surface area (Å²) in [5.41, 5.74) is -0.301. The van der Waals surface area contributed by atoms with E-state index in [9.17, 15) is 14.7 Å². The number of hydrogen-bond acceptors (Lipinski definition) is 2. The molecule has 1 saturated carbocycles. The summed E-state index contributed by atoms with van der Waals surface area (Å²) < 4.78 is 0. The Balaban J connectivity index is 1.99. The maximum atomic E-state index is 11.9. The van der Waals surface area contributed by atoms with E-state index in [2.05, 4.69) is 5.32 Å². The van der Waals surface area contributed by atoms with Crippen LogP contribution < -0.4 is 5.32 Å². The number of carbonyl (C=O) groups is 2. The molecule has 102 valence electrons. The first-order valence-electron chi connectivity index (χ1n) is 6.31. The second-order valence-corrected chi connectivity index (χ2v) is 5.42. The first kappa shape index (κ1) is 13.9. The van der Waals surface area contributed by atoms with Crippen molar-refractivity contribution in [3.63, 3.8) is 0 Å². The lowest BCUT2D eigenvalue weighted by atomic mass is 9.86. The Kier molecular flexibility index (Phi) is 4.10. The van der Waals surface area contributed by atoms with Gasteiger partial charge in [0.1, 0.15) is 0 Å². The van der Waals surface area contributed by atoms with Gasteiger partial charge in [-0.25, -0.2) is 0 Å². The number of aliphatic carboxylic acids is 1. The molecule has 1 aromatic carbocycles. The van der Waals surface area contributed by atoms with Crippen molar-refractivity contribution in [1.29, 1.82) is 0 Å². The highest BCUT2D eigenvalue weighted by molar-refractivity contribution is 6.30. The van der Waals surface area contributed by atoms with Crippen molar-refractivity contribution >= 4 is 23.5 Å². The number of carbonyl (C=O) groups excluding carboxylic acids is 1. The van der Waals surface area contributed by atoms with E-state index in [1.54, 1.807) is 24.3 Å². The fourth-order valence-electron chi connectivity index (χ4n) is 2.47. The lowest BCUT2D eigenvalue weighted by Gasteiger charge is -2.23. The number of carboxylic acid groups (broad SMARTS) is 1. The molecule has 0 aliphatic heterocycles. The lowest BCUT2D eigenvalue weighted by Crippen LogP contribution is -2.41. The Hall–Kier alpha value is -1.55. The van der Waals surface area contributed by atoms with Crippen molar-refractivity contribution in [2.24, 2.45) is 5.41 Å². The molecule has 0 bridgehead atoms. The molecule has 5 heteroatoms. The van der Waals surface area contributed by atoms with E-state index in [4.69, 9.17) is 11.6 Å². The largest absolute Gasteiger partial charge is 0.481 e. The van der Waals surface area contributed by atoms with Gasteiger partial charge in [-0.1, -0.05) is 24.4 Å². The number of benzene rings is 1. The summed E-state index contributed by atoms with van der Waals surface area (Å²) in [5.74, 6) is -1.08. The number of amides is 1. The highest BCUT2D eigenvalue weighted by atomic mass is 35.5. The molecule has 0 radical (unpaired) electrons. The van der Waals surface area contributed by atoms with Gasteiger partial charge in [-0.3, -0.25) is 9.59 Å². The third-order valence-electron chi connectivity index (χ3n) is 3.71. The molecule has 0 heterocycles. The smallest absolute Gasteiger partial charge is 0.311 e. The summed E-state index contributed by atoms with van der Waals surface area (Å²) in [7, 11) is 0. The molecule has 0 atom stereocenters. The minimum absolute atomic E-state index is 0.184. The fraction of sp³-hybridized carbons (Fsp3) is 0.429. The van der Waals surface area contributed by atoms with E-state index in [1.807, 2.05) is 0 Å². The number of carboxylic acids is 1. The van der Waals surface area contributed by atoms with Gasteiger partial charge >= 0.3 is 5.97 Å². The van der Waals surface area contributed by atoms with E-state index in [0.717, 1.165) is 12.8 Å². The Bertz CT molecular complexity index is 478. The molecule has 2 rings (SSSR count). The van der Waals surface area contributed by atoms with E-state index in [1.165, 1.54) is 0 Å². The van der Waals surface area contributed by atoms with Crippen LogP contribution in [0.25, 0.3) is 0 Å². The van der Waals surface area contributed by atoms with Gasteiger partial charge in [0.2, 0.25) is 0 Å². The van der Waals surface area contributed by atoms with Crippen LogP contribution in [0.3, 0.4) is 0 Å². The zero-order chi connectivity index (χ0) is 13.9.